The van der Waals surface area contributed by atoms with E-state index in [0.717, 1.165) is 12.1 Å². The Bertz CT molecular complexity index is 819. The summed E-state index contributed by atoms with van der Waals surface area (Å²) in [5.41, 5.74) is 0.806. The van der Waals surface area contributed by atoms with Gasteiger partial charge in [0.15, 0.2) is 23.1 Å². The first-order chi connectivity index (χ1) is 10.6. The van der Waals surface area contributed by atoms with Crippen molar-refractivity contribution in [2.75, 3.05) is 5.32 Å². The largest absolute Gasteiger partial charge is 0.355 e. The highest BCUT2D eigenvalue weighted by molar-refractivity contribution is 6.03. The molecule has 0 spiro atoms. The maximum absolute atomic E-state index is 13.1. The van der Waals surface area contributed by atoms with Crippen LogP contribution >= 0.6 is 0 Å². The molecule has 0 aliphatic carbocycles. The average molecular weight is 301 g/mol. The van der Waals surface area contributed by atoms with Crippen molar-refractivity contribution < 1.29 is 18.1 Å². The molecule has 2 heterocycles. The van der Waals surface area contributed by atoms with Crippen molar-refractivity contribution in [1.82, 2.24) is 10.1 Å². The molecule has 3 aromatic rings. The Morgan fingerprint density at radius 2 is 2.00 bits per heavy atom. The van der Waals surface area contributed by atoms with Gasteiger partial charge in [-0.1, -0.05) is 5.16 Å². The molecule has 1 N–H and O–H groups in total. The molecule has 3 rings (SSSR count). The Balaban J connectivity index is 1.78. The predicted molar refractivity (Wildman–Crippen MR) is 74.0 cm³/mol. The third-order valence-corrected chi connectivity index (χ3v) is 2.87. The van der Waals surface area contributed by atoms with Crippen LogP contribution in [0.4, 0.5) is 14.5 Å². The number of hydrogen-bond donors (Lipinski definition) is 1. The van der Waals surface area contributed by atoms with Crippen LogP contribution < -0.4 is 5.32 Å². The maximum atomic E-state index is 13.1. The number of halogens is 2. The lowest BCUT2D eigenvalue weighted by atomic mass is 10.2. The first kappa shape index (κ1) is 13.9. The van der Waals surface area contributed by atoms with Crippen molar-refractivity contribution in [3.63, 3.8) is 0 Å². The summed E-state index contributed by atoms with van der Waals surface area (Å²) in [5.74, 6) is -2.25. The summed E-state index contributed by atoms with van der Waals surface area (Å²) in [7, 11) is 0. The fourth-order valence-electron chi connectivity index (χ4n) is 1.80. The van der Waals surface area contributed by atoms with E-state index in [-0.39, 0.29) is 11.4 Å². The van der Waals surface area contributed by atoms with Gasteiger partial charge in [0.05, 0.1) is 0 Å². The molecule has 2 aromatic heterocycles. The highest BCUT2D eigenvalue weighted by atomic mass is 19.2. The number of carbonyl (C=O) groups excluding carboxylic acids is 1. The van der Waals surface area contributed by atoms with E-state index in [1.54, 1.807) is 24.5 Å². The van der Waals surface area contributed by atoms with Crippen LogP contribution in [0.15, 0.2) is 53.3 Å². The van der Waals surface area contributed by atoms with Crippen LogP contribution in [0, 0.1) is 11.6 Å². The van der Waals surface area contributed by atoms with E-state index in [2.05, 4.69) is 15.5 Å². The Morgan fingerprint density at radius 1 is 1.14 bits per heavy atom. The van der Waals surface area contributed by atoms with Gasteiger partial charge in [0.2, 0.25) is 0 Å². The lowest BCUT2D eigenvalue weighted by molar-refractivity contribution is 0.101. The van der Waals surface area contributed by atoms with Crippen molar-refractivity contribution in [2.45, 2.75) is 0 Å². The molecule has 0 aliphatic rings. The number of aromatic nitrogens is 2. The van der Waals surface area contributed by atoms with E-state index in [9.17, 15) is 13.6 Å². The van der Waals surface area contributed by atoms with Crippen LogP contribution in [0.2, 0.25) is 0 Å². The predicted octanol–water partition coefficient (Wildman–Crippen LogP) is 3.27. The third kappa shape index (κ3) is 2.83. The van der Waals surface area contributed by atoms with Crippen molar-refractivity contribution in [3.05, 3.63) is 66.1 Å². The summed E-state index contributed by atoms with van der Waals surface area (Å²) in [4.78, 5) is 15.9. The topological polar surface area (TPSA) is 68.0 Å². The molecule has 0 saturated carbocycles. The fraction of sp³-hybridized carbons (Fsp3) is 0. The van der Waals surface area contributed by atoms with Gasteiger partial charge < -0.3 is 9.84 Å². The zero-order valence-corrected chi connectivity index (χ0v) is 11.1. The molecule has 0 bridgehead atoms. The number of carbonyl (C=O) groups is 1. The van der Waals surface area contributed by atoms with Gasteiger partial charge in [-0.3, -0.25) is 9.78 Å². The Morgan fingerprint density at radius 3 is 2.73 bits per heavy atom. The standard InChI is InChI=1S/C15H9F2N3O2/c16-11-4-3-10(6-12(11)17)19-15(21)13-7-14(22-20-13)9-2-1-5-18-8-9/h1-8H,(H,19,21). The summed E-state index contributed by atoms with van der Waals surface area (Å²) < 4.78 is 31.0. The fourth-order valence-corrected chi connectivity index (χ4v) is 1.80. The van der Waals surface area contributed by atoms with Crippen molar-refractivity contribution in [1.29, 1.82) is 0 Å². The van der Waals surface area contributed by atoms with Gasteiger partial charge in [-0.2, -0.15) is 0 Å². The Labute approximate surface area is 123 Å². The van der Waals surface area contributed by atoms with Gasteiger partial charge in [-0.25, -0.2) is 8.78 Å². The first-order valence-electron chi connectivity index (χ1n) is 6.27. The summed E-state index contributed by atoms with van der Waals surface area (Å²) in [6, 6.07) is 7.97. The molecule has 0 fully saturated rings. The highest BCUT2D eigenvalue weighted by Crippen LogP contribution is 2.20. The summed E-state index contributed by atoms with van der Waals surface area (Å²) >= 11 is 0. The molecule has 5 nitrogen and oxygen atoms in total. The van der Waals surface area contributed by atoms with Crippen LogP contribution in [0.25, 0.3) is 11.3 Å². The molecule has 0 saturated heterocycles. The van der Waals surface area contributed by atoms with Crippen molar-refractivity contribution >= 4 is 11.6 Å². The number of hydrogen-bond acceptors (Lipinski definition) is 4. The molecular weight excluding hydrogens is 292 g/mol. The summed E-state index contributed by atoms with van der Waals surface area (Å²) in [5, 5.41) is 6.05. The minimum atomic E-state index is -1.05. The summed E-state index contributed by atoms with van der Waals surface area (Å²) in [6.45, 7) is 0. The van der Waals surface area contributed by atoms with Crippen molar-refractivity contribution in [3.8, 4) is 11.3 Å². The zero-order valence-electron chi connectivity index (χ0n) is 11.1. The van der Waals surface area contributed by atoms with Gasteiger partial charge >= 0.3 is 0 Å². The van der Waals surface area contributed by atoms with E-state index in [1.165, 1.54) is 12.1 Å². The number of nitrogens with zero attached hydrogens (tertiary/aromatic N) is 2. The molecule has 0 unspecified atom stereocenters. The normalized spacial score (nSPS) is 10.5. The molecule has 1 aromatic carbocycles. The van der Waals surface area contributed by atoms with Crippen LogP contribution in [0.3, 0.4) is 0 Å². The van der Waals surface area contributed by atoms with E-state index < -0.39 is 17.5 Å². The molecule has 0 radical (unpaired) electrons. The number of nitrogens with one attached hydrogen (secondary N) is 1. The van der Waals surface area contributed by atoms with Crippen molar-refractivity contribution in [2.24, 2.45) is 0 Å². The Hall–Kier alpha value is -3.09. The van der Waals surface area contributed by atoms with Gasteiger partial charge in [0.25, 0.3) is 5.91 Å². The number of pyridine rings is 1. The SMILES string of the molecule is O=C(Nc1ccc(F)c(F)c1)c1cc(-c2cccnc2)on1. The number of rotatable bonds is 3. The number of benzene rings is 1. The minimum Gasteiger partial charge on any atom is -0.355 e. The molecule has 0 aliphatic heterocycles. The second-order valence-corrected chi connectivity index (χ2v) is 4.40. The Kier molecular flexibility index (Phi) is 3.61. The number of amides is 1. The van der Waals surface area contributed by atoms with Crippen LogP contribution in [-0.4, -0.2) is 16.0 Å². The quantitative estimate of drug-likeness (QED) is 0.806. The third-order valence-electron chi connectivity index (χ3n) is 2.87. The first-order valence-corrected chi connectivity index (χ1v) is 6.27. The van der Waals surface area contributed by atoms with Gasteiger partial charge in [0, 0.05) is 35.8 Å². The lowest BCUT2D eigenvalue weighted by Gasteiger charge is -2.02. The molecular formula is C15H9F2N3O2. The average Bonchev–Trinajstić information content (AvgIpc) is 3.02. The van der Waals surface area contributed by atoms with Gasteiger partial charge in [0.1, 0.15) is 0 Å². The summed E-state index contributed by atoms with van der Waals surface area (Å²) in [6.07, 6.45) is 3.17. The molecule has 0 atom stereocenters. The minimum absolute atomic E-state index is 0.0172. The van der Waals surface area contributed by atoms with Crippen LogP contribution in [0.1, 0.15) is 10.5 Å². The second-order valence-electron chi connectivity index (χ2n) is 4.40. The molecule has 7 heteroatoms. The van der Waals surface area contributed by atoms with E-state index in [1.807, 2.05) is 0 Å². The zero-order chi connectivity index (χ0) is 15.5. The molecule has 1 amide bonds. The monoisotopic (exact) mass is 301 g/mol. The molecule has 22 heavy (non-hydrogen) atoms. The molecule has 110 valence electrons. The highest BCUT2D eigenvalue weighted by Gasteiger charge is 2.14. The van der Waals surface area contributed by atoms with E-state index in [4.69, 9.17) is 4.52 Å². The second kappa shape index (κ2) is 5.72. The lowest BCUT2D eigenvalue weighted by Crippen LogP contribution is -2.12. The number of anilines is 1. The maximum Gasteiger partial charge on any atom is 0.277 e. The van der Waals surface area contributed by atoms with Crippen LogP contribution in [-0.2, 0) is 0 Å². The van der Waals surface area contributed by atoms with Gasteiger partial charge in [-0.05, 0) is 24.3 Å². The van der Waals surface area contributed by atoms with E-state index >= 15 is 0 Å². The van der Waals surface area contributed by atoms with E-state index in [0.29, 0.717) is 11.3 Å². The van der Waals surface area contributed by atoms with Gasteiger partial charge in [-0.15, -0.1) is 0 Å². The smallest absolute Gasteiger partial charge is 0.277 e. The van der Waals surface area contributed by atoms with Crippen LogP contribution in [0.5, 0.6) is 0 Å².